The quantitative estimate of drug-likeness (QED) is 0.202. The Hall–Kier alpha value is -2.49. The first kappa shape index (κ1) is 24.8. The molecule has 0 atom stereocenters. The molecule has 0 bridgehead atoms. The van der Waals surface area contributed by atoms with Gasteiger partial charge in [0.05, 0.1) is 12.5 Å². The average molecular weight is 458 g/mol. The number of hydrogen-bond donors (Lipinski definition) is 0. The average Bonchev–Trinajstić information content (AvgIpc) is 3.10. The number of halogens is 3. The van der Waals surface area contributed by atoms with E-state index < -0.39 is 17.7 Å². The monoisotopic (exact) mass is 457 g/mol. The van der Waals surface area contributed by atoms with Crippen LogP contribution in [0.25, 0.3) is 11.0 Å². The van der Waals surface area contributed by atoms with E-state index in [4.69, 9.17) is 4.74 Å². The molecular weight excluding hydrogens is 431 g/mol. The molecule has 0 aliphatic heterocycles. The second-order valence-electron chi connectivity index (χ2n) is 6.60. The van der Waals surface area contributed by atoms with Crippen molar-refractivity contribution < 1.29 is 27.4 Å². The fourth-order valence-electron chi connectivity index (χ4n) is 3.05. The van der Waals surface area contributed by atoms with Crippen LogP contribution in [0.1, 0.15) is 31.9 Å². The van der Waals surface area contributed by atoms with E-state index in [1.54, 1.807) is 6.26 Å². The number of carbonyl (C=O) groups is 1. The van der Waals surface area contributed by atoms with Crippen LogP contribution in [0.2, 0.25) is 0 Å². The molecule has 0 aromatic carbocycles. The maximum atomic E-state index is 13.3. The first-order chi connectivity index (χ1) is 14.7. The Morgan fingerprint density at radius 1 is 1.32 bits per heavy atom. The SMILES string of the molecule is C=CCC/C(=C\CCn1c(CC)cc2c(OCC(=O)OC)nc(SC)nc21)C(F)(F)F. The van der Waals surface area contributed by atoms with Gasteiger partial charge in [-0.3, -0.25) is 0 Å². The molecule has 0 aliphatic rings. The summed E-state index contributed by atoms with van der Waals surface area (Å²) < 4.78 is 51.8. The fourth-order valence-corrected chi connectivity index (χ4v) is 3.40. The minimum Gasteiger partial charge on any atom is -0.466 e. The van der Waals surface area contributed by atoms with E-state index in [-0.39, 0.29) is 31.7 Å². The van der Waals surface area contributed by atoms with Gasteiger partial charge in [0.15, 0.2) is 11.8 Å². The number of carbonyl (C=O) groups excluding carboxylic acids is 1. The molecule has 2 aromatic rings. The minimum atomic E-state index is -4.36. The predicted octanol–water partition coefficient (Wildman–Crippen LogP) is 5.11. The van der Waals surface area contributed by atoms with Crippen LogP contribution in [0, 0.1) is 0 Å². The lowest BCUT2D eigenvalue weighted by atomic mass is 10.1. The zero-order valence-electron chi connectivity index (χ0n) is 17.8. The molecule has 0 saturated heterocycles. The second kappa shape index (κ2) is 11.2. The van der Waals surface area contributed by atoms with E-state index in [0.29, 0.717) is 29.2 Å². The molecule has 0 aliphatic carbocycles. The standard InChI is InChI=1S/C21H26F3N3O3S/c1-5-7-9-14(21(22,23)24)10-8-11-27-15(6-2)12-16-18(27)25-20(31-4)26-19(16)30-13-17(28)29-3/h5,10,12H,1,6-9,11,13H2,2-4H3/b14-10+. The van der Waals surface area contributed by atoms with Crippen LogP contribution in [0.3, 0.4) is 0 Å². The van der Waals surface area contributed by atoms with E-state index in [1.807, 2.05) is 17.6 Å². The van der Waals surface area contributed by atoms with Crippen molar-refractivity contribution in [3.05, 3.63) is 36.1 Å². The lowest BCUT2D eigenvalue weighted by molar-refractivity contribution is -0.143. The van der Waals surface area contributed by atoms with Crippen LogP contribution in [-0.2, 0) is 22.5 Å². The third-order valence-electron chi connectivity index (χ3n) is 4.61. The van der Waals surface area contributed by atoms with Gasteiger partial charge in [-0.1, -0.05) is 30.8 Å². The van der Waals surface area contributed by atoms with Crippen molar-refractivity contribution in [3.63, 3.8) is 0 Å². The van der Waals surface area contributed by atoms with Crippen LogP contribution >= 0.6 is 11.8 Å². The molecule has 0 radical (unpaired) electrons. The van der Waals surface area contributed by atoms with Crippen LogP contribution in [0.4, 0.5) is 13.2 Å². The molecule has 0 unspecified atom stereocenters. The number of allylic oxidation sites excluding steroid dienone is 3. The van der Waals surface area contributed by atoms with Gasteiger partial charge in [0.2, 0.25) is 5.88 Å². The van der Waals surface area contributed by atoms with E-state index in [0.717, 1.165) is 5.69 Å². The number of ether oxygens (including phenoxy) is 2. The fraction of sp³-hybridized carbons (Fsp3) is 0.476. The van der Waals surface area contributed by atoms with Crippen LogP contribution in [0.15, 0.2) is 35.5 Å². The lowest BCUT2D eigenvalue weighted by Crippen LogP contribution is -2.14. The molecule has 2 aromatic heterocycles. The van der Waals surface area contributed by atoms with Crippen molar-refractivity contribution in [2.24, 2.45) is 0 Å². The maximum absolute atomic E-state index is 13.3. The second-order valence-corrected chi connectivity index (χ2v) is 7.37. The lowest BCUT2D eigenvalue weighted by Gasteiger charge is -2.12. The van der Waals surface area contributed by atoms with Gasteiger partial charge in [0.1, 0.15) is 5.65 Å². The summed E-state index contributed by atoms with van der Waals surface area (Å²) in [5, 5.41) is 1.04. The van der Waals surface area contributed by atoms with Crippen molar-refractivity contribution in [3.8, 4) is 5.88 Å². The van der Waals surface area contributed by atoms with Gasteiger partial charge in [-0.15, -0.1) is 6.58 Å². The number of alkyl halides is 3. The minimum absolute atomic E-state index is 0.0929. The third kappa shape index (κ3) is 6.49. The Morgan fingerprint density at radius 2 is 2.06 bits per heavy atom. The molecule has 2 rings (SSSR count). The first-order valence-electron chi connectivity index (χ1n) is 9.76. The summed E-state index contributed by atoms with van der Waals surface area (Å²) in [6.45, 7) is 5.46. The molecule has 0 N–H and O–H groups in total. The number of aryl methyl sites for hydroxylation is 2. The molecule has 0 fully saturated rings. The number of fused-ring (bicyclic) bond motifs is 1. The Kier molecular flexibility index (Phi) is 8.97. The normalized spacial score (nSPS) is 12.3. The van der Waals surface area contributed by atoms with Gasteiger partial charge in [-0.05, 0) is 38.0 Å². The summed E-state index contributed by atoms with van der Waals surface area (Å²) >= 11 is 1.30. The summed E-state index contributed by atoms with van der Waals surface area (Å²) in [7, 11) is 1.26. The smallest absolute Gasteiger partial charge is 0.412 e. The van der Waals surface area contributed by atoms with E-state index in [9.17, 15) is 18.0 Å². The highest BCUT2D eigenvalue weighted by Crippen LogP contribution is 2.31. The number of methoxy groups -OCH3 is 1. The molecule has 0 saturated carbocycles. The van der Waals surface area contributed by atoms with E-state index in [2.05, 4.69) is 21.3 Å². The summed E-state index contributed by atoms with van der Waals surface area (Å²) in [5.74, 6) is -0.303. The number of thioether (sulfide) groups is 1. The van der Waals surface area contributed by atoms with E-state index >= 15 is 0 Å². The van der Waals surface area contributed by atoms with Gasteiger partial charge in [0, 0.05) is 17.8 Å². The molecule has 0 amide bonds. The highest BCUT2D eigenvalue weighted by molar-refractivity contribution is 7.98. The zero-order chi connectivity index (χ0) is 23.0. The maximum Gasteiger partial charge on any atom is 0.412 e. The largest absolute Gasteiger partial charge is 0.466 e. The molecule has 6 nitrogen and oxygen atoms in total. The molecular formula is C21H26F3N3O3S. The van der Waals surface area contributed by atoms with Crippen molar-refractivity contribution in [1.29, 1.82) is 0 Å². The van der Waals surface area contributed by atoms with Crippen LogP contribution < -0.4 is 4.74 Å². The number of aromatic nitrogens is 3. The predicted molar refractivity (Wildman–Crippen MR) is 114 cm³/mol. The van der Waals surface area contributed by atoms with Crippen LogP contribution in [0.5, 0.6) is 5.88 Å². The number of esters is 1. The Bertz CT molecular complexity index is 955. The number of nitrogens with zero attached hydrogens (tertiary/aromatic N) is 3. The first-order valence-corrected chi connectivity index (χ1v) is 11.0. The van der Waals surface area contributed by atoms with Gasteiger partial charge in [-0.2, -0.15) is 18.2 Å². The number of hydrogen-bond acceptors (Lipinski definition) is 6. The van der Waals surface area contributed by atoms with Crippen molar-refractivity contribution in [2.75, 3.05) is 20.0 Å². The molecule has 0 spiro atoms. The van der Waals surface area contributed by atoms with Crippen LogP contribution in [-0.4, -0.2) is 46.7 Å². The van der Waals surface area contributed by atoms with Gasteiger partial charge in [-0.25, -0.2) is 9.78 Å². The van der Waals surface area contributed by atoms with Gasteiger partial charge < -0.3 is 14.0 Å². The molecule has 31 heavy (non-hydrogen) atoms. The molecule has 2 heterocycles. The zero-order valence-corrected chi connectivity index (χ0v) is 18.6. The number of rotatable bonds is 11. The Labute approximate surface area is 183 Å². The highest BCUT2D eigenvalue weighted by atomic mass is 32.2. The van der Waals surface area contributed by atoms with E-state index in [1.165, 1.54) is 31.0 Å². The van der Waals surface area contributed by atoms with Gasteiger partial charge >= 0.3 is 12.1 Å². The summed E-state index contributed by atoms with van der Waals surface area (Å²) in [6, 6.07) is 1.85. The summed E-state index contributed by atoms with van der Waals surface area (Å²) in [5.41, 5.74) is 0.895. The molecule has 170 valence electrons. The highest BCUT2D eigenvalue weighted by Gasteiger charge is 2.32. The Morgan fingerprint density at radius 3 is 2.65 bits per heavy atom. The summed E-state index contributed by atoms with van der Waals surface area (Å²) in [4.78, 5) is 20.3. The van der Waals surface area contributed by atoms with Crippen molar-refractivity contribution >= 4 is 28.8 Å². The van der Waals surface area contributed by atoms with Gasteiger partial charge in [0.25, 0.3) is 0 Å². The Balaban J connectivity index is 2.39. The molecule has 10 heteroatoms. The van der Waals surface area contributed by atoms with Crippen molar-refractivity contribution in [1.82, 2.24) is 14.5 Å². The topological polar surface area (TPSA) is 66.2 Å². The van der Waals surface area contributed by atoms with Crippen molar-refractivity contribution in [2.45, 2.75) is 50.5 Å². The third-order valence-corrected chi connectivity index (χ3v) is 5.16. The summed E-state index contributed by atoms with van der Waals surface area (Å²) in [6.07, 6.45) is 1.17.